The normalized spacial score (nSPS) is 21.0. The summed E-state index contributed by atoms with van der Waals surface area (Å²) < 4.78 is 0. The molecule has 3 rings (SSSR count). The molecule has 21 heavy (non-hydrogen) atoms. The molecule has 1 aromatic carbocycles. The van der Waals surface area contributed by atoms with Gasteiger partial charge < -0.3 is 15.5 Å². The van der Waals surface area contributed by atoms with E-state index < -0.39 is 0 Å². The van der Waals surface area contributed by atoms with Crippen LogP contribution in [0.4, 0.5) is 0 Å². The lowest BCUT2D eigenvalue weighted by atomic mass is 10.0. The number of thioether (sulfide) groups is 1. The molecule has 2 aliphatic rings. The summed E-state index contributed by atoms with van der Waals surface area (Å²) in [6.45, 7) is 3.19. The predicted octanol–water partition coefficient (Wildman–Crippen LogP) is 0.424. The van der Waals surface area contributed by atoms with Crippen molar-refractivity contribution in [2.24, 2.45) is 0 Å². The summed E-state index contributed by atoms with van der Waals surface area (Å²) in [5.74, 6) is 0.578. The van der Waals surface area contributed by atoms with E-state index in [4.69, 9.17) is 0 Å². The minimum atomic E-state index is -0.137. The zero-order valence-corrected chi connectivity index (χ0v) is 12.6. The summed E-state index contributed by atoms with van der Waals surface area (Å²) in [6.07, 6.45) is 0. The predicted molar refractivity (Wildman–Crippen MR) is 82.4 cm³/mol. The Morgan fingerprint density at radius 2 is 2.05 bits per heavy atom. The molecule has 2 amide bonds. The van der Waals surface area contributed by atoms with Crippen LogP contribution in [0, 0.1) is 0 Å². The lowest BCUT2D eigenvalue weighted by Gasteiger charge is -2.27. The first-order valence-corrected chi connectivity index (χ1v) is 8.22. The van der Waals surface area contributed by atoms with Gasteiger partial charge in [-0.2, -0.15) is 0 Å². The summed E-state index contributed by atoms with van der Waals surface area (Å²) in [6, 6.07) is 7.98. The second-order valence-electron chi connectivity index (χ2n) is 5.25. The maximum absolute atomic E-state index is 12.3. The van der Waals surface area contributed by atoms with Gasteiger partial charge in [-0.05, 0) is 11.6 Å². The summed E-state index contributed by atoms with van der Waals surface area (Å²) >= 11 is 1.70. The number of carbonyl (C=O) groups excluding carboxylic acids is 2. The zero-order chi connectivity index (χ0) is 14.7. The Hall–Kier alpha value is -1.53. The molecule has 1 atom stereocenters. The van der Waals surface area contributed by atoms with Crippen molar-refractivity contribution in [2.75, 3.05) is 38.5 Å². The molecule has 1 unspecified atom stereocenters. The highest BCUT2D eigenvalue weighted by molar-refractivity contribution is 7.99. The van der Waals surface area contributed by atoms with Gasteiger partial charge in [-0.15, -0.1) is 11.8 Å². The van der Waals surface area contributed by atoms with Gasteiger partial charge in [-0.3, -0.25) is 9.59 Å². The minimum Gasteiger partial charge on any atom is -0.346 e. The smallest absolute Gasteiger partial charge is 0.242 e. The molecule has 1 aromatic rings. The van der Waals surface area contributed by atoms with Gasteiger partial charge >= 0.3 is 0 Å². The van der Waals surface area contributed by atoms with Crippen LogP contribution >= 0.6 is 11.8 Å². The number of rotatable bonds is 3. The number of amides is 2. The van der Waals surface area contributed by atoms with Crippen LogP contribution in [-0.2, 0) is 9.59 Å². The van der Waals surface area contributed by atoms with Gasteiger partial charge in [0.25, 0.3) is 0 Å². The molecule has 0 aromatic heterocycles. The van der Waals surface area contributed by atoms with E-state index in [-0.39, 0.29) is 24.3 Å². The van der Waals surface area contributed by atoms with E-state index in [9.17, 15) is 9.59 Å². The van der Waals surface area contributed by atoms with Crippen LogP contribution in [-0.4, -0.2) is 55.2 Å². The molecule has 0 aliphatic carbocycles. The van der Waals surface area contributed by atoms with Gasteiger partial charge in [0.15, 0.2) is 0 Å². The minimum absolute atomic E-state index is 0.00350. The van der Waals surface area contributed by atoms with E-state index >= 15 is 0 Å². The van der Waals surface area contributed by atoms with Crippen molar-refractivity contribution in [1.82, 2.24) is 15.5 Å². The van der Waals surface area contributed by atoms with E-state index in [1.54, 1.807) is 16.7 Å². The van der Waals surface area contributed by atoms with E-state index in [1.807, 2.05) is 24.3 Å². The number of hydrogen-bond acceptors (Lipinski definition) is 4. The molecule has 2 aliphatic heterocycles. The van der Waals surface area contributed by atoms with Gasteiger partial charge in [0.05, 0.1) is 12.5 Å². The molecule has 1 fully saturated rings. The zero-order valence-electron chi connectivity index (χ0n) is 11.8. The third-order valence-electron chi connectivity index (χ3n) is 3.90. The molecule has 0 saturated carbocycles. The summed E-state index contributed by atoms with van der Waals surface area (Å²) in [7, 11) is 0. The molecule has 0 spiro atoms. The van der Waals surface area contributed by atoms with Gasteiger partial charge in [-0.1, -0.05) is 18.2 Å². The molecule has 1 saturated heterocycles. The fraction of sp³-hybridized carbons (Fsp3) is 0.467. The number of fused-ring (bicyclic) bond motifs is 1. The van der Waals surface area contributed by atoms with Gasteiger partial charge in [0.2, 0.25) is 11.8 Å². The average Bonchev–Trinajstić information content (AvgIpc) is 2.97. The third kappa shape index (κ3) is 3.22. The molecule has 0 bridgehead atoms. The van der Waals surface area contributed by atoms with Crippen LogP contribution in [0.1, 0.15) is 11.5 Å². The Kier molecular flexibility index (Phi) is 4.45. The number of piperazine rings is 1. The van der Waals surface area contributed by atoms with E-state index in [2.05, 4.69) is 10.6 Å². The van der Waals surface area contributed by atoms with Crippen molar-refractivity contribution in [3.05, 3.63) is 29.8 Å². The van der Waals surface area contributed by atoms with Crippen molar-refractivity contribution < 1.29 is 9.59 Å². The van der Waals surface area contributed by atoms with Crippen LogP contribution in [0.2, 0.25) is 0 Å². The Labute approximate surface area is 128 Å². The quantitative estimate of drug-likeness (QED) is 0.850. The molecule has 0 radical (unpaired) electrons. The molecular weight excluding hydrogens is 286 g/mol. The fourth-order valence-electron chi connectivity index (χ4n) is 2.69. The largest absolute Gasteiger partial charge is 0.346 e. The Morgan fingerprint density at radius 1 is 1.29 bits per heavy atom. The molecular formula is C15H19N3O2S. The standard InChI is InChI=1S/C15H19N3O2S/c19-14(18-7-5-16-6-8-18)9-17-15(20)12-10-21-13-4-2-1-3-11(12)13/h1-4,12,16H,5-10H2,(H,17,20). The Morgan fingerprint density at radius 3 is 2.86 bits per heavy atom. The molecule has 5 nitrogen and oxygen atoms in total. The fourth-order valence-corrected chi connectivity index (χ4v) is 3.92. The first-order chi connectivity index (χ1) is 10.3. The van der Waals surface area contributed by atoms with Crippen molar-refractivity contribution in [1.29, 1.82) is 0 Å². The van der Waals surface area contributed by atoms with Crippen molar-refractivity contribution in [2.45, 2.75) is 10.8 Å². The van der Waals surface area contributed by atoms with Crippen molar-refractivity contribution >= 4 is 23.6 Å². The second kappa shape index (κ2) is 6.49. The molecule has 6 heteroatoms. The Bertz CT molecular complexity index is 543. The van der Waals surface area contributed by atoms with Crippen LogP contribution in [0.25, 0.3) is 0 Å². The highest BCUT2D eigenvalue weighted by atomic mass is 32.2. The summed E-state index contributed by atoms with van der Waals surface area (Å²) in [5.41, 5.74) is 1.08. The molecule has 2 heterocycles. The van der Waals surface area contributed by atoms with Gasteiger partial charge in [0, 0.05) is 36.8 Å². The number of benzene rings is 1. The first-order valence-electron chi connectivity index (χ1n) is 7.23. The van der Waals surface area contributed by atoms with E-state index in [1.165, 1.54) is 4.90 Å². The van der Waals surface area contributed by atoms with Crippen LogP contribution < -0.4 is 10.6 Å². The molecule has 2 N–H and O–H groups in total. The highest BCUT2D eigenvalue weighted by Crippen LogP contribution is 2.39. The lowest BCUT2D eigenvalue weighted by Crippen LogP contribution is -2.49. The summed E-state index contributed by atoms with van der Waals surface area (Å²) in [4.78, 5) is 27.3. The lowest BCUT2D eigenvalue weighted by molar-refractivity contribution is -0.133. The summed E-state index contributed by atoms with van der Waals surface area (Å²) in [5, 5.41) is 6.00. The van der Waals surface area contributed by atoms with Crippen LogP contribution in [0.3, 0.4) is 0 Å². The maximum Gasteiger partial charge on any atom is 0.242 e. The second-order valence-corrected chi connectivity index (χ2v) is 6.31. The van der Waals surface area contributed by atoms with Crippen molar-refractivity contribution in [3.63, 3.8) is 0 Å². The topological polar surface area (TPSA) is 61.4 Å². The number of nitrogens with one attached hydrogen (secondary N) is 2. The number of nitrogens with zero attached hydrogens (tertiary/aromatic N) is 1. The number of hydrogen-bond donors (Lipinski definition) is 2. The monoisotopic (exact) mass is 305 g/mol. The van der Waals surface area contributed by atoms with Crippen LogP contribution in [0.15, 0.2) is 29.2 Å². The average molecular weight is 305 g/mol. The third-order valence-corrected chi connectivity index (χ3v) is 5.08. The van der Waals surface area contributed by atoms with Gasteiger partial charge in [-0.25, -0.2) is 0 Å². The van der Waals surface area contributed by atoms with Crippen molar-refractivity contribution in [3.8, 4) is 0 Å². The first kappa shape index (κ1) is 14.4. The Balaban J connectivity index is 1.54. The van der Waals surface area contributed by atoms with E-state index in [0.717, 1.165) is 37.5 Å². The van der Waals surface area contributed by atoms with Gasteiger partial charge in [0.1, 0.15) is 0 Å². The van der Waals surface area contributed by atoms with Crippen LogP contribution in [0.5, 0.6) is 0 Å². The number of carbonyl (C=O) groups is 2. The SMILES string of the molecule is O=C(NCC(=O)N1CCNCC1)C1CSc2ccccc21. The highest BCUT2D eigenvalue weighted by Gasteiger charge is 2.29. The van der Waals surface area contributed by atoms with E-state index in [0.29, 0.717) is 0 Å². The maximum atomic E-state index is 12.3. The molecule has 112 valence electrons.